The molecule has 5 heteroatoms. The molecule has 0 N–H and O–H groups in total. The van der Waals surface area contributed by atoms with Crippen LogP contribution in [0.15, 0.2) is 0 Å². The van der Waals surface area contributed by atoms with Crippen LogP contribution in [0, 0.1) is 0 Å². The number of rotatable bonds is 22. The van der Waals surface area contributed by atoms with Gasteiger partial charge in [-0.1, -0.05) is 136 Å². The zero-order valence-corrected chi connectivity index (χ0v) is 26.6. The Morgan fingerprint density at radius 3 is 1.22 bits per heavy atom. The first-order chi connectivity index (χ1) is 17.1. The molecule has 0 saturated carbocycles. The molecule has 0 bridgehead atoms. The molecule has 1 heterocycles. The van der Waals surface area contributed by atoms with Gasteiger partial charge in [0.25, 0.3) is 0 Å². The maximum atomic E-state index is 6.16. The molecule has 36 heavy (non-hydrogen) atoms. The smallest absolute Gasteiger partial charge is 0.371 e. The Kier molecular flexibility index (Phi) is 28.2. The maximum absolute atomic E-state index is 6.16. The van der Waals surface area contributed by atoms with Crippen LogP contribution in [-0.2, 0) is 13.6 Å². The molecule has 1 aliphatic heterocycles. The minimum absolute atomic E-state index is 0. The molecular weight excluding hydrogens is 467 g/mol. The number of unbranched alkanes of at least 4 members (excludes halogenated alkanes) is 15. The van der Waals surface area contributed by atoms with E-state index in [-0.39, 0.29) is 9.93 Å². The molecular formula is C31H67FO3Si. The van der Waals surface area contributed by atoms with Crippen LogP contribution in [-0.4, -0.2) is 33.6 Å². The van der Waals surface area contributed by atoms with Crippen molar-refractivity contribution in [3.05, 3.63) is 0 Å². The lowest BCUT2D eigenvalue weighted by molar-refractivity contribution is -0.0426. The summed E-state index contributed by atoms with van der Waals surface area (Å²) in [6.07, 6.45) is 28.0. The second kappa shape index (κ2) is 26.6. The third-order valence-corrected chi connectivity index (χ3v) is 12.4. The summed E-state index contributed by atoms with van der Waals surface area (Å²) < 4.78 is 18.5. The molecule has 1 rings (SSSR count). The van der Waals surface area contributed by atoms with Crippen molar-refractivity contribution < 1.29 is 18.3 Å². The highest BCUT2D eigenvalue weighted by Crippen LogP contribution is 2.43. The third-order valence-electron chi connectivity index (χ3n) is 7.73. The molecule has 1 fully saturated rings. The largest absolute Gasteiger partial charge is 0.393 e. The fraction of sp³-hybridized carbons (Fsp3) is 1.00. The van der Waals surface area contributed by atoms with E-state index in [1.54, 1.807) is 0 Å². The van der Waals surface area contributed by atoms with Crippen LogP contribution in [0.3, 0.4) is 0 Å². The van der Waals surface area contributed by atoms with Crippen LogP contribution >= 0.6 is 0 Å². The minimum Gasteiger partial charge on any atom is -0.393 e. The predicted octanol–water partition coefficient (Wildman–Crippen LogP) is 10.8. The number of halogens is 1. The Balaban J connectivity index is 0. The van der Waals surface area contributed by atoms with Gasteiger partial charge in [-0.25, -0.2) is 0 Å². The number of hydrogen-bond acceptors (Lipinski definition) is 3. The molecule has 1 unspecified atom stereocenters. The van der Waals surface area contributed by atoms with Crippen molar-refractivity contribution in [1.29, 1.82) is 0 Å². The Hall–Kier alpha value is 0.0269. The number of hydrogen-bond donors (Lipinski definition) is 0. The molecule has 0 aromatic rings. The van der Waals surface area contributed by atoms with Gasteiger partial charge in [-0.15, -0.1) is 0 Å². The van der Waals surface area contributed by atoms with Crippen molar-refractivity contribution in [1.82, 2.24) is 0 Å². The molecule has 1 saturated heterocycles. The van der Waals surface area contributed by atoms with Crippen molar-refractivity contribution in [2.45, 2.75) is 181 Å². The monoisotopic (exact) mass is 534 g/mol. The van der Waals surface area contributed by atoms with Crippen LogP contribution in [0.25, 0.3) is 0 Å². The van der Waals surface area contributed by atoms with Crippen molar-refractivity contribution in [2.75, 3.05) is 19.8 Å². The zero-order valence-electron chi connectivity index (χ0n) is 25.6. The van der Waals surface area contributed by atoms with Gasteiger partial charge in [-0.3, -0.25) is 4.70 Å². The Labute approximate surface area is 227 Å². The SMILES string of the molecule is CCCCCCCCCCCCCCCCCC.CCOC1(CC)CCCC[Si]1(OCC)OCC.F. The summed E-state index contributed by atoms with van der Waals surface area (Å²) >= 11 is 0. The number of ether oxygens (including phenoxy) is 1. The Bertz CT molecular complexity index is 407. The fourth-order valence-electron chi connectivity index (χ4n) is 5.73. The Morgan fingerprint density at radius 1 is 0.528 bits per heavy atom. The molecule has 0 amide bonds. The van der Waals surface area contributed by atoms with E-state index in [4.69, 9.17) is 13.6 Å². The molecule has 0 radical (unpaired) electrons. The van der Waals surface area contributed by atoms with E-state index in [0.29, 0.717) is 0 Å². The normalized spacial score (nSPS) is 18.8. The van der Waals surface area contributed by atoms with Crippen LogP contribution < -0.4 is 0 Å². The molecule has 0 aromatic carbocycles. The van der Waals surface area contributed by atoms with E-state index in [9.17, 15) is 0 Å². The van der Waals surface area contributed by atoms with E-state index in [0.717, 1.165) is 38.7 Å². The molecule has 0 aromatic heterocycles. The molecule has 220 valence electrons. The first-order valence-corrected chi connectivity index (χ1v) is 18.1. The minimum atomic E-state index is -2.21. The summed E-state index contributed by atoms with van der Waals surface area (Å²) in [6, 6.07) is 1.09. The van der Waals surface area contributed by atoms with Crippen molar-refractivity contribution >= 4 is 8.56 Å². The van der Waals surface area contributed by atoms with Crippen LogP contribution in [0.5, 0.6) is 0 Å². The third kappa shape index (κ3) is 16.1. The van der Waals surface area contributed by atoms with Gasteiger partial charge in [0.1, 0.15) is 5.22 Å². The lowest BCUT2D eigenvalue weighted by Gasteiger charge is -2.49. The summed E-state index contributed by atoms with van der Waals surface area (Å²) in [5.74, 6) is 0. The average Bonchev–Trinajstić information content (AvgIpc) is 2.86. The zero-order chi connectivity index (χ0) is 26.1. The molecule has 0 aliphatic carbocycles. The van der Waals surface area contributed by atoms with Crippen LogP contribution in [0.2, 0.25) is 6.04 Å². The first kappa shape index (κ1) is 38.2. The first-order valence-electron chi connectivity index (χ1n) is 16.0. The summed E-state index contributed by atoms with van der Waals surface area (Å²) in [7, 11) is -2.21. The van der Waals surface area contributed by atoms with Gasteiger partial charge in [0.05, 0.1) is 0 Å². The quantitative estimate of drug-likeness (QED) is 0.102. The summed E-state index contributed by atoms with van der Waals surface area (Å²) in [5, 5.41) is -0.119. The molecule has 3 nitrogen and oxygen atoms in total. The highest BCUT2D eigenvalue weighted by molar-refractivity contribution is 6.70. The maximum Gasteiger partial charge on any atom is 0.371 e. The van der Waals surface area contributed by atoms with Crippen molar-refractivity contribution in [3.63, 3.8) is 0 Å². The molecule has 1 atom stereocenters. The van der Waals surface area contributed by atoms with Gasteiger partial charge in [-0.05, 0) is 39.7 Å². The van der Waals surface area contributed by atoms with E-state index in [1.165, 1.54) is 116 Å². The van der Waals surface area contributed by atoms with Gasteiger partial charge in [0.15, 0.2) is 0 Å². The lowest BCUT2D eigenvalue weighted by atomic mass is 10.0. The second-order valence-electron chi connectivity index (χ2n) is 10.6. The molecule has 1 aliphatic rings. The second-order valence-corrected chi connectivity index (χ2v) is 14.1. The van der Waals surface area contributed by atoms with Gasteiger partial charge in [0, 0.05) is 19.8 Å². The summed E-state index contributed by atoms with van der Waals surface area (Å²) in [6.45, 7) is 15.2. The van der Waals surface area contributed by atoms with Crippen LogP contribution in [0.4, 0.5) is 4.70 Å². The molecule has 0 spiro atoms. The van der Waals surface area contributed by atoms with Gasteiger partial charge < -0.3 is 13.6 Å². The fourth-order valence-corrected chi connectivity index (χ4v) is 10.2. The van der Waals surface area contributed by atoms with E-state index in [1.807, 2.05) is 0 Å². The van der Waals surface area contributed by atoms with Crippen molar-refractivity contribution in [2.24, 2.45) is 0 Å². The van der Waals surface area contributed by atoms with Crippen molar-refractivity contribution in [3.8, 4) is 0 Å². The highest BCUT2D eigenvalue weighted by Gasteiger charge is 2.58. The Morgan fingerprint density at radius 2 is 0.917 bits per heavy atom. The van der Waals surface area contributed by atoms with Gasteiger partial charge >= 0.3 is 8.56 Å². The van der Waals surface area contributed by atoms with Gasteiger partial charge in [0.2, 0.25) is 0 Å². The van der Waals surface area contributed by atoms with E-state index in [2.05, 4.69) is 41.5 Å². The topological polar surface area (TPSA) is 27.7 Å². The standard InChI is InChI=1S/C18H38.C13H28O3Si.FH/c1-3-5-7-9-11-13-15-17-18-16-14-12-10-8-6-4-2;1-5-13(14-6-2)11-9-10-12-17(13,15-7-3)16-8-4;/h3-18H2,1-2H3;5-12H2,1-4H3;1H. The van der Waals surface area contributed by atoms with Crippen LogP contribution in [0.1, 0.15) is 170 Å². The average molecular weight is 535 g/mol. The summed E-state index contributed by atoms with van der Waals surface area (Å²) in [5.41, 5.74) is 0. The predicted molar refractivity (Wildman–Crippen MR) is 160 cm³/mol. The summed E-state index contributed by atoms with van der Waals surface area (Å²) in [4.78, 5) is 0. The lowest BCUT2D eigenvalue weighted by Crippen LogP contribution is -2.65. The van der Waals surface area contributed by atoms with Gasteiger partial charge in [-0.2, -0.15) is 0 Å². The van der Waals surface area contributed by atoms with E-state index >= 15 is 0 Å². The van der Waals surface area contributed by atoms with E-state index < -0.39 is 8.56 Å². The highest BCUT2D eigenvalue weighted by atomic mass is 28.4.